The van der Waals surface area contributed by atoms with Crippen LogP contribution in [0.15, 0.2) is 0 Å². The molecule has 0 rings (SSSR count). The molecule has 0 aliphatic rings. The first kappa shape index (κ1) is 38.0. The molecule has 0 aliphatic carbocycles. The van der Waals surface area contributed by atoms with Crippen molar-refractivity contribution in [3.05, 3.63) is 0 Å². The molecule has 0 unspecified atom stereocenters. The molecule has 4 N–H and O–H groups in total. The molecule has 0 saturated carbocycles. The van der Waals surface area contributed by atoms with Gasteiger partial charge in [0.1, 0.15) is 12.1 Å². The summed E-state index contributed by atoms with van der Waals surface area (Å²) in [5.41, 5.74) is 0. The molecule has 3 atom stereocenters. The van der Waals surface area contributed by atoms with Crippen LogP contribution >= 0.6 is 68.4 Å². The van der Waals surface area contributed by atoms with Gasteiger partial charge in [0.05, 0.1) is 9.49 Å². The van der Waals surface area contributed by atoms with E-state index in [0.717, 1.165) is 37.9 Å². The molecule has 2 amide bonds. The minimum atomic E-state index is -1.08. The molecule has 0 radical (unpaired) electrons. The Kier molecular flexibility index (Phi) is 19.2. The summed E-state index contributed by atoms with van der Waals surface area (Å²) in [7, 11) is 6.05. The Hall–Kier alpha value is -0.0200. The second-order valence-electron chi connectivity index (χ2n) is 10.4. The highest BCUT2D eigenvalue weighted by Gasteiger charge is 2.29. The molecular weight excluding hydrogens is 605 g/mol. The summed E-state index contributed by atoms with van der Waals surface area (Å²) >= 11 is 8.40. The fraction of sp³-hybridized carbons (Fsp3) is 0.833. The number of unbranched alkanes of at least 4 members (excludes halogenated alkanes) is 1. The lowest BCUT2D eigenvalue weighted by molar-refractivity contribution is -0.141. The summed E-state index contributed by atoms with van der Waals surface area (Å²) in [5, 5.41) is 24.3. The molecule has 0 fully saturated rings. The minimum Gasteiger partial charge on any atom is -0.480 e. The topological polar surface area (TPSA) is 133 Å². The highest BCUT2D eigenvalue weighted by Crippen LogP contribution is 2.35. The number of amides is 2. The standard InChI is InChI=1S/C24H44N2O6S6/c1-15(2)9-7-8-10-16(38-37-14-18(20(29)30)26-22(32)24(5,6)34)11-12-35-36-13-17(19(27)28)25-21(31)23(3,4)33/h15-18,33-34H,7-14H2,1-6H3,(H,25,31)(H,26,32)(H,27,28)(H,29,30)/t16-,17+,18+/m1/s1. The van der Waals surface area contributed by atoms with Crippen LogP contribution in [0.2, 0.25) is 0 Å². The van der Waals surface area contributed by atoms with Gasteiger partial charge in [-0.15, -0.1) is 0 Å². The van der Waals surface area contributed by atoms with E-state index in [-0.39, 0.29) is 11.5 Å². The van der Waals surface area contributed by atoms with Gasteiger partial charge in [-0.05, 0) is 46.5 Å². The molecule has 222 valence electrons. The molecule has 38 heavy (non-hydrogen) atoms. The van der Waals surface area contributed by atoms with Gasteiger partial charge >= 0.3 is 11.9 Å². The minimum absolute atomic E-state index is 0.234. The van der Waals surface area contributed by atoms with Crippen molar-refractivity contribution in [3.8, 4) is 0 Å². The maximum Gasteiger partial charge on any atom is 0.327 e. The highest BCUT2D eigenvalue weighted by molar-refractivity contribution is 8.77. The lowest BCUT2D eigenvalue weighted by Gasteiger charge is -2.22. The second-order valence-corrected chi connectivity index (χ2v) is 18.0. The van der Waals surface area contributed by atoms with Gasteiger partial charge in [-0.25, -0.2) is 9.59 Å². The van der Waals surface area contributed by atoms with Crippen molar-refractivity contribution in [3.63, 3.8) is 0 Å². The molecule has 0 aromatic heterocycles. The third-order valence-corrected chi connectivity index (χ3v) is 11.0. The highest BCUT2D eigenvalue weighted by atomic mass is 33.1. The normalized spacial score (nSPS) is 14.6. The number of carbonyl (C=O) groups excluding carboxylic acids is 2. The first-order valence-electron chi connectivity index (χ1n) is 12.5. The van der Waals surface area contributed by atoms with Crippen molar-refractivity contribution in [2.75, 3.05) is 17.3 Å². The van der Waals surface area contributed by atoms with E-state index >= 15 is 0 Å². The van der Waals surface area contributed by atoms with E-state index in [0.29, 0.717) is 11.2 Å². The van der Waals surface area contributed by atoms with Gasteiger partial charge in [0.15, 0.2) is 0 Å². The van der Waals surface area contributed by atoms with Crippen molar-refractivity contribution in [2.24, 2.45) is 5.92 Å². The Labute approximate surface area is 254 Å². The second kappa shape index (κ2) is 19.2. The lowest BCUT2D eigenvalue weighted by Crippen LogP contribution is -2.48. The van der Waals surface area contributed by atoms with Crippen molar-refractivity contribution >= 4 is 92.2 Å². The van der Waals surface area contributed by atoms with Gasteiger partial charge in [0.25, 0.3) is 0 Å². The quantitative estimate of drug-likeness (QED) is 0.0555. The van der Waals surface area contributed by atoms with Crippen molar-refractivity contribution in [1.29, 1.82) is 0 Å². The zero-order valence-electron chi connectivity index (χ0n) is 23.0. The van der Waals surface area contributed by atoms with Crippen LogP contribution in [0.5, 0.6) is 0 Å². The fourth-order valence-corrected chi connectivity index (χ4v) is 8.23. The van der Waals surface area contributed by atoms with Gasteiger partial charge in [-0.3, -0.25) is 9.59 Å². The first-order valence-corrected chi connectivity index (χ1v) is 18.3. The van der Waals surface area contributed by atoms with Gasteiger partial charge in [-0.2, -0.15) is 25.3 Å². The number of hydrogen-bond acceptors (Lipinski definition) is 10. The Morgan fingerprint density at radius 3 is 1.61 bits per heavy atom. The van der Waals surface area contributed by atoms with Crippen LogP contribution in [0.25, 0.3) is 0 Å². The lowest BCUT2D eigenvalue weighted by atomic mass is 10.0. The average Bonchev–Trinajstić information content (AvgIpc) is 2.77. The van der Waals surface area contributed by atoms with Crippen LogP contribution in [0, 0.1) is 5.92 Å². The molecule has 0 aliphatic heterocycles. The molecule has 0 aromatic carbocycles. The van der Waals surface area contributed by atoms with E-state index in [9.17, 15) is 29.4 Å². The summed E-state index contributed by atoms with van der Waals surface area (Å²) in [6.45, 7) is 10.8. The van der Waals surface area contributed by atoms with E-state index in [2.05, 4.69) is 49.7 Å². The van der Waals surface area contributed by atoms with Crippen LogP contribution < -0.4 is 10.6 Å². The molecule has 8 nitrogen and oxygen atoms in total. The summed E-state index contributed by atoms with van der Waals surface area (Å²) < 4.78 is -1.93. The van der Waals surface area contributed by atoms with Gasteiger partial charge in [0, 0.05) is 22.5 Å². The zero-order chi connectivity index (χ0) is 29.5. The monoisotopic (exact) mass is 648 g/mol. The fourth-order valence-electron chi connectivity index (χ4n) is 2.74. The van der Waals surface area contributed by atoms with Gasteiger partial charge < -0.3 is 20.8 Å². The summed E-state index contributed by atoms with van der Waals surface area (Å²) in [5.74, 6) is -1.10. The number of carbonyl (C=O) groups is 4. The van der Waals surface area contributed by atoms with Crippen LogP contribution in [0.4, 0.5) is 0 Å². The molecule has 14 heteroatoms. The van der Waals surface area contributed by atoms with Crippen molar-refractivity contribution in [1.82, 2.24) is 10.6 Å². The molecule has 0 heterocycles. The number of thiol groups is 2. The molecule has 0 saturated heterocycles. The number of carboxylic acids is 2. The smallest absolute Gasteiger partial charge is 0.327 e. The number of nitrogens with one attached hydrogen (secondary N) is 2. The van der Waals surface area contributed by atoms with E-state index < -0.39 is 45.3 Å². The number of rotatable bonds is 21. The Bertz CT molecular complexity index is 758. The summed E-state index contributed by atoms with van der Waals surface area (Å²) in [6.07, 6.45) is 5.24. The van der Waals surface area contributed by atoms with E-state index in [1.54, 1.807) is 49.3 Å². The number of carboxylic acid groups (broad SMARTS) is 2. The molecule has 0 bridgehead atoms. The van der Waals surface area contributed by atoms with Gasteiger partial charge in [-0.1, -0.05) is 76.3 Å². The Morgan fingerprint density at radius 1 is 0.737 bits per heavy atom. The van der Waals surface area contributed by atoms with E-state index in [4.69, 9.17) is 0 Å². The Balaban J connectivity index is 4.79. The Morgan fingerprint density at radius 2 is 1.18 bits per heavy atom. The molecule has 0 spiro atoms. The van der Waals surface area contributed by atoms with Gasteiger partial charge in [0.2, 0.25) is 11.8 Å². The third kappa shape index (κ3) is 18.4. The summed E-state index contributed by atoms with van der Waals surface area (Å²) in [6, 6.07) is -1.99. The predicted molar refractivity (Wildman–Crippen MR) is 172 cm³/mol. The largest absolute Gasteiger partial charge is 0.480 e. The SMILES string of the molecule is CC(C)CCCC[C@H](CCSSC[C@H](NC(=O)C(C)(C)S)C(=O)O)SSC[C@H](NC(=O)C(C)(C)S)C(=O)O. The average molecular weight is 649 g/mol. The maximum absolute atomic E-state index is 12.2. The van der Waals surface area contributed by atoms with Crippen molar-refractivity contribution in [2.45, 2.75) is 100 Å². The number of aliphatic carboxylic acids is 2. The first-order chi connectivity index (χ1) is 17.4. The molecule has 0 aromatic rings. The van der Waals surface area contributed by atoms with E-state index in [1.165, 1.54) is 21.6 Å². The van der Waals surface area contributed by atoms with Crippen LogP contribution in [-0.2, 0) is 19.2 Å². The predicted octanol–water partition coefficient (Wildman–Crippen LogP) is 5.28. The van der Waals surface area contributed by atoms with Crippen molar-refractivity contribution < 1.29 is 29.4 Å². The van der Waals surface area contributed by atoms with Crippen LogP contribution in [0.1, 0.15) is 73.6 Å². The summed E-state index contributed by atoms with van der Waals surface area (Å²) in [4.78, 5) is 47.4. The zero-order valence-corrected chi connectivity index (χ0v) is 28.1. The van der Waals surface area contributed by atoms with E-state index in [1.807, 2.05) is 0 Å². The maximum atomic E-state index is 12.2. The van der Waals surface area contributed by atoms with Crippen LogP contribution in [0.3, 0.4) is 0 Å². The third-order valence-electron chi connectivity index (χ3n) is 5.16. The molecular formula is C24H44N2O6S6. The van der Waals surface area contributed by atoms with Crippen LogP contribution in [-0.4, -0.2) is 78.1 Å². The number of hydrogen-bond donors (Lipinski definition) is 6.